The van der Waals surface area contributed by atoms with Crippen LogP contribution in [0.1, 0.15) is 10.4 Å². The molecule has 2 N–H and O–H groups in total. The summed E-state index contributed by atoms with van der Waals surface area (Å²) in [5, 5.41) is 5.53. The van der Waals surface area contributed by atoms with Crippen molar-refractivity contribution < 1.29 is 49.7 Å². The second kappa shape index (κ2) is 12.5. The average molecular weight is 597 g/mol. The molecule has 3 aromatic rings. The maximum atomic E-state index is 13.3. The van der Waals surface area contributed by atoms with E-state index < -0.39 is 49.2 Å². The predicted molar refractivity (Wildman–Crippen MR) is 135 cm³/mol. The SMILES string of the molecule is COC(=O)c1cc(-c2ccccc2)sc1NC(=S)Nc1cc(OCC(F)(F)F)cc(OCC(F)(F)C(F)F)c1. The molecule has 0 radical (unpaired) electrons. The molecule has 210 valence electrons. The fourth-order valence-corrected chi connectivity index (χ4v) is 4.31. The molecular weight excluding hydrogens is 577 g/mol. The quantitative estimate of drug-likeness (QED) is 0.145. The first-order valence-electron chi connectivity index (χ1n) is 10.8. The van der Waals surface area contributed by atoms with E-state index >= 15 is 0 Å². The maximum Gasteiger partial charge on any atom is 0.422 e. The maximum absolute atomic E-state index is 13.3. The van der Waals surface area contributed by atoms with Gasteiger partial charge in [0.1, 0.15) is 16.5 Å². The van der Waals surface area contributed by atoms with Gasteiger partial charge in [-0.2, -0.15) is 22.0 Å². The molecule has 15 heteroatoms. The number of nitrogens with one attached hydrogen (secondary N) is 2. The summed E-state index contributed by atoms with van der Waals surface area (Å²) in [6.07, 6.45) is -8.74. The minimum atomic E-state index is -4.72. The number of alkyl halides is 7. The molecule has 0 saturated heterocycles. The average Bonchev–Trinajstić information content (AvgIpc) is 3.29. The van der Waals surface area contributed by atoms with Gasteiger partial charge in [-0.05, 0) is 23.8 Å². The molecule has 0 bridgehead atoms. The monoisotopic (exact) mass is 596 g/mol. The lowest BCUT2D eigenvalue weighted by Gasteiger charge is -2.18. The minimum absolute atomic E-state index is 0.0815. The lowest BCUT2D eigenvalue weighted by Crippen LogP contribution is -2.33. The Balaban J connectivity index is 1.84. The van der Waals surface area contributed by atoms with Crippen LogP contribution in [-0.2, 0) is 4.74 Å². The Morgan fingerprint density at radius 1 is 0.949 bits per heavy atom. The number of thiocarbonyl (C=S) groups is 1. The highest BCUT2D eigenvalue weighted by Gasteiger charge is 2.41. The molecule has 0 fully saturated rings. The Morgan fingerprint density at radius 2 is 1.56 bits per heavy atom. The number of benzene rings is 2. The van der Waals surface area contributed by atoms with Crippen molar-refractivity contribution in [1.29, 1.82) is 0 Å². The van der Waals surface area contributed by atoms with Gasteiger partial charge in [0.15, 0.2) is 18.3 Å². The molecule has 0 atom stereocenters. The Morgan fingerprint density at radius 3 is 2.13 bits per heavy atom. The number of carbonyl (C=O) groups is 1. The number of methoxy groups -OCH3 is 1. The van der Waals surface area contributed by atoms with Crippen LogP contribution in [0.15, 0.2) is 54.6 Å². The zero-order valence-corrected chi connectivity index (χ0v) is 21.4. The Kier molecular flexibility index (Phi) is 9.61. The Bertz CT molecular complexity index is 1300. The van der Waals surface area contributed by atoms with Crippen molar-refractivity contribution in [2.24, 2.45) is 0 Å². The summed E-state index contributed by atoms with van der Waals surface area (Å²) in [5.74, 6) is -6.13. The van der Waals surface area contributed by atoms with Crippen LogP contribution in [0.5, 0.6) is 11.5 Å². The largest absolute Gasteiger partial charge is 0.487 e. The van der Waals surface area contributed by atoms with E-state index in [1.165, 1.54) is 7.11 Å². The van der Waals surface area contributed by atoms with Gasteiger partial charge in [0, 0.05) is 28.8 Å². The molecule has 1 aromatic heterocycles. The Hall–Kier alpha value is -3.59. The highest BCUT2D eigenvalue weighted by atomic mass is 32.1. The normalized spacial score (nSPS) is 11.7. The molecule has 0 aliphatic carbocycles. The Labute approximate surface area is 226 Å². The number of thiophene rings is 1. The molecular formula is C24H19F7N2O4S2. The van der Waals surface area contributed by atoms with Gasteiger partial charge in [0.25, 0.3) is 0 Å². The van der Waals surface area contributed by atoms with Crippen LogP contribution in [0, 0.1) is 0 Å². The minimum Gasteiger partial charge on any atom is -0.487 e. The molecule has 1 heterocycles. The summed E-state index contributed by atoms with van der Waals surface area (Å²) in [6.45, 7) is -3.46. The van der Waals surface area contributed by atoms with Crippen molar-refractivity contribution in [2.45, 2.75) is 18.5 Å². The van der Waals surface area contributed by atoms with Crippen molar-refractivity contribution in [3.05, 3.63) is 60.2 Å². The van der Waals surface area contributed by atoms with E-state index in [-0.39, 0.29) is 21.4 Å². The van der Waals surface area contributed by atoms with E-state index in [0.29, 0.717) is 4.88 Å². The number of anilines is 2. The van der Waals surface area contributed by atoms with Crippen LogP contribution < -0.4 is 20.1 Å². The summed E-state index contributed by atoms with van der Waals surface area (Å²) < 4.78 is 104. The van der Waals surface area contributed by atoms with E-state index in [4.69, 9.17) is 21.7 Å². The second-order valence-electron chi connectivity index (χ2n) is 7.74. The van der Waals surface area contributed by atoms with Gasteiger partial charge in [-0.3, -0.25) is 0 Å². The topological polar surface area (TPSA) is 68.8 Å². The fourth-order valence-electron chi connectivity index (χ4n) is 2.97. The third-order valence-corrected chi connectivity index (χ3v) is 6.02. The van der Waals surface area contributed by atoms with Gasteiger partial charge in [-0.15, -0.1) is 11.3 Å². The molecule has 0 saturated carbocycles. The van der Waals surface area contributed by atoms with Gasteiger partial charge in [-0.1, -0.05) is 30.3 Å². The molecule has 0 amide bonds. The summed E-state index contributed by atoms with van der Waals surface area (Å²) in [7, 11) is 1.19. The van der Waals surface area contributed by atoms with Crippen molar-refractivity contribution in [2.75, 3.05) is 31.0 Å². The molecule has 3 rings (SSSR count). The van der Waals surface area contributed by atoms with E-state index in [0.717, 1.165) is 35.1 Å². The van der Waals surface area contributed by atoms with Crippen LogP contribution in [0.3, 0.4) is 0 Å². The van der Waals surface area contributed by atoms with Gasteiger partial charge in [0.2, 0.25) is 0 Å². The fraction of sp³-hybridized carbons (Fsp3) is 0.250. The zero-order valence-electron chi connectivity index (χ0n) is 19.8. The predicted octanol–water partition coefficient (Wildman–Crippen LogP) is 7.23. The van der Waals surface area contributed by atoms with Crippen LogP contribution in [0.4, 0.5) is 41.4 Å². The third-order valence-electron chi connectivity index (χ3n) is 4.71. The number of rotatable bonds is 10. The second-order valence-corrected chi connectivity index (χ2v) is 9.20. The van der Waals surface area contributed by atoms with Crippen molar-refractivity contribution in [1.82, 2.24) is 0 Å². The first-order valence-corrected chi connectivity index (χ1v) is 12.0. The van der Waals surface area contributed by atoms with Crippen molar-refractivity contribution >= 4 is 45.3 Å². The third kappa shape index (κ3) is 8.71. The van der Waals surface area contributed by atoms with Crippen LogP contribution >= 0.6 is 23.6 Å². The molecule has 2 aromatic carbocycles. The lowest BCUT2D eigenvalue weighted by molar-refractivity contribution is -0.153. The molecule has 0 spiro atoms. The highest BCUT2D eigenvalue weighted by Crippen LogP contribution is 2.36. The van der Waals surface area contributed by atoms with Gasteiger partial charge in [-0.25, -0.2) is 13.6 Å². The molecule has 6 nitrogen and oxygen atoms in total. The molecule has 0 aliphatic heterocycles. The van der Waals surface area contributed by atoms with Crippen LogP contribution in [-0.4, -0.2) is 49.9 Å². The number of carbonyl (C=O) groups excluding carboxylic acids is 1. The summed E-state index contributed by atoms with van der Waals surface area (Å²) in [5.41, 5.74) is 0.865. The molecule has 0 unspecified atom stereocenters. The molecule has 0 aliphatic rings. The van der Waals surface area contributed by atoms with Crippen molar-refractivity contribution in [3.8, 4) is 21.9 Å². The van der Waals surface area contributed by atoms with Crippen LogP contribution in [0.2, 0.25) is 0 Å². The first-order chi connectivity index (χ1) is 18.3. The van der Waals surface area contributed by atoms with Gasteiger partial charge < -0.3 is 24.8 Å². The summed E-state index contributed by atoms with van der Waals surface area (Å²) >= 11 is 6.40. The van der Waals surface area contributed by atoms with E-state index in [9.17, 15) is 35.5 Å². The standard InChI is InChI=1S/C24H19F7N2O4S2/c1-35-20(34)17-10-18(13-5-3-2-4-6-13)39-19(17)33-22(38)32-14-7-15(36-11-23(27,28)21(25)26)9-16(8-14)37-12-24(29,30)31/h2-10,21H,11-12H2,1H3,(H2,32,33,38). The number of hydrogen-bond donors (Lipinski definition) is 2. The van der Waals surface area contributed by atoms with E-state index in [1.807, 2.05) is 18.2 Å². The number of esters is 1. The smallest absolute Gasteiger partial charge is 0.422 e. The van der Waals surface area contributed by atoms with Gasteiger partial charge >= 0.3 is 24.5 Å². The first kappa shape index (κ1) is 30.0. The van der Waals surface area contributed by atoms with Crippen molar-refractivity contribution in [3.63, 3.8) is 0 Å². The molecule has 39 heavy (non-hydrogen) atoms. The van der Waals surface area contributed by atoms with Gasteiger partial charge in [0.05, 0.1) is 12.7 Å². The number of hydrogen-bond acceptors (Lipinski definition) is 6. The highest BCUT2D eigenvalue weighted by molar-refractivity contribution is 7.80. The summed E-state index contributed by atoms with van der Waals surface area (Å²) in [4.78, 5) is 13.0. The number of ether oxygens (including phenoxy) is 3. The zero-order chi connectivity index (χ0) is 28.8. The lowest BCUT2D eigenvalue weighted by atomic mass is 10.1. The van der Waals surface area contributed by atoms with E-state index in [2.05, 4.69) is 15.4 Å². The number of halogens is 7. The van der Waals surface area contributed by atoms with E-state index in [1.54, 1.807) is 18.2 Å². The summed E-state index contributed by atoms with van der Waals surface area (Å²) in [6, 6.07) is 13.6. The van der Waals surface area contributed by atoms with Crippen LogP contribution in [0.25, 0.3) is 10.4 Å².